The average Bonchev–Trinajstić information content (AvgIpc) is 2.86. The maximum absolute atomic E-state index is 12.4. The SMILES string of the molecule is CCOc1ccc(C(=O)N2CCC(CS(N)(=O)=O)C2)cc1Cl. The smallest absolute Gasteiger partial charge is 0.253 e. The Morgan fingerprint density at radius 1 is 1.50 bits per heavy atom. The summed E-state index contributed by atoms with van der Waals surface area (Å²) in [4.78, 5) is 14.1. The average molecular weight is 347 g/mol. The molecule has 122 valence electrons. The second-order valence-electron chi connectivity index (χ2n) is 5.31. The number of sulfonamides is 1. The number of primary sulfonamides is 1. The highest BCUT2D eigenvalue weighted by atomic mass is 35.5. The highest BCUT2D eigenvalue weighted by molar-refractivity contribution is 7.89. The number of amides is 1. The highest BCUT2D eigenvalue weighted by Gasteiger charge is 2.29. The van der Waals surface area contributed by atoms with Crippen molar-refractivity contribution < 1.29 is 17.9 Å². The number of halogens is 1. The van der Waals surface area contributed by atoms with Gasteiger partial charge in [0, 0.05) is 18.7 Å². The van der Waals surface area contributed by atoms with Crippen LogP contribution in [0.5, 0.6) is 5.75 Å². The number of ether oxygens (including phenoxy) is 1. The quantitative estimate of drug-likeness (QED) is 0.874. The van der Waals surface area contributed by atoms with Crippen LogP contribution in [-0.4, -0.2) is 44.7 Å². The molecule has 0 bridgehead atoms. The molecule has 1 atom stereocenters. The summed E-state index contributed by atoms with van der Waals surface area (Å²) < 4.78 is 27.6. The predicted octanol–water partition coefficient (Wildman–Crippen LogP) is 1.49. The molecule has 0 saturated carbocycles. The van der Waals surface area contributed by atoms with E-state index in [1.165, 1.54) is 0 Å². The minimum Gasteiger partial charge on any atom is -0.492 e. The number of carbonyl (C=O) groups is 1. The Bertz CT molecular complexity index is 663. The Kier molecular flexibility index (Phi) is 5.31. The van der Waals surface area contributed by atoms with E-state index in [2.05, 4.69) is 0 Å². The molecule has 2 rings (SSSR count). The van der Waals surface area contributed by atoms with Crippen molar-refractivity contribution in [2.45, 2.75) is 13.3 Å². The molecule has 0 spiro atoms. The lowest BCUT2D eigenvalue weighted by molar-refractivity contribution is 0.0788. The Balaban J connectivity index is 2.05. The Morgan fingerprint density at radius 3 is 2.82 bits per heavy atom. The van der Waals surface area contributed by atoms with Gasteiger partial charge in [-0.2, -0.15) is 0 Å². The molecule has 0 aliphatic carbocycles. The van der Waals surface area contributed by atoms with Crippen molar-refractivity contribution >= 4 is 27.5 Å². The zero-order valence-electron chi connectivity index (χ0n) is 12.3. The Labute approximate surface area is 135 Å². The summed E-state index contributed by atoms with van der Waals surface area (Å²) in [6, 6.07) is 4.89. The molecule has 1 saturated heterocycles. The summed E-state index contributed by atoms with van der Waals surface area (Å²) in [5, 5.41) is 5.43. The molecule has 1 unspecified atom stereocenters. The molecule has 1 heterocycles. The molecular formula is C14H19ClN2O4S. The van der Waals surface area contributed by atoms with Crippen LogP contribution in [0.1, 0.15) is 23.7 Å². The maximum atomic E-state index is 12.4. The van der Waals surface area contributed by atoms with Crippen molar-refractivity contribution in [3.8, 4) is 5.75 Å². The van der Waals surface area contributed by atoms with Gasteiger partial charge in [-0.05, 0) is 37.5 Å². The fraction of sp³-hybridized carbons (Fsp3) is 0.500. The summed E-state index contributed by atoms with van der Waals surface area (Å²) in [5.74, 6) is 0.161. The highest BCUT2D eigenvalue weighted by Crippen LogP contribution is 2.27. The van der Waals surface area contributed by atoms with Crippen LogP contribution in [0.25, 0.3) is 0 Å². The molecule has 0 radical (unpaired) electrons. The predicted molar refractivity (Wildman–Crippen MR) is 84.6 cm³/mol. The second kappa shape index (κ2) is 6.85. The van der Waals surface area contributed by atoms with Crippen LogP contribution in [0.15, 0.2) is 18.2 Å². The fourth-order valence-electron chi connectivity index (χ4n) is 2.57. The van der Waals surface area contributed by atoms with E-state index in [9.17, 15) is 13.2 Å². The van der Waals surface area contributed by atoms with E-state index in [0.717, 1.165) is 0 Å². The van der Waals surface area contributed by atoms with Gasteiger partial charge in [0.15, 0.2) is 0 Å². The lowest BCUT2D eigenvalue weighted by atomic mass is 10.1. The monoisotopic (exact) mass is 346 g/mol. The number of benzene rings is 1. The first-order valence-electron chi connectivity index (χ1n) is 7.02. The standard InChI is InChI=1S/C14H19ClN2O4S/c1-2-21-13-4-3-11(7-12(13)15)14(18)17-6-5-10(8-17)9-22(16,19)20/h3-4,7,10H,2,5-6,8-9H2,1H3,(H2,16,19,20). The van der Waals surface area contributed by atoms with Crippen LogP contribution in [0.3, 0.4) is 0 Å². The van der Waals surface area contributed by atoms with Gasteiger partial charge in [0.1, 0.15) is 5.75 Å². The molecule has 1 aliphatic heterocycles. The number of hydrogen-bond donors (Lipinski definition) is 1. The maximum Gasteiger partial charge on any atom is 0.253 e. The van der Waals surface area contributed by atoms with Crippen LogP contribution in [-0.2, 0) is 10.0 Å². The number of nitrogens with two attached hydrogens (primary N) is 1. The summed E-state index contributed by atoms with van der Waals surface area (Å²) in [6.07, 6.45) is 0.632. The lowest BCUT2D eigenvalue weighted by Gasteiger charge is -2.17. The minimum absolute atomic E-state index is 0.0964. The molecule has 1 amide bonds. The van der Waals surface area contributed by atoms with Crippen LogP contribution >= 0.6 is 11.6 Å². The fourth-order valence-corrected chi connectivity index (χ4v) is 3.73. The van der Waals surface area contributed by atoms with Crippen molar-refractivity contribution in [2.75, 3.05) is 25.4 Å². The molecule has 6 nitrogen and oxygen atoms in total. The molecule has 1 aliphatic rings. The van der Waals surface area contributed by atoms with Gasteiger partial charge in [0.05, 0.1) is 17.4 Å². The number of rotatable bonds is 5. The van der Waals surface area contributed by atoms with Crippen LogP contribution < -0.4 is 9.88 Å². The van der Waals surface area contributed by atoms with E-state index in [1.807, 2.05) is 6.92 Å². The van der Waals surface area contributed by atoms with Gasteiger partial charge in [-0.25, -0.2) is 13.6 Å². The van der Waals surface area contributed by atoms with Crippen molar-refractivity contribution in [3.63, 3.8) is 0 Å². The van der Waals surface area contributed by atoms with Crippen molar-refractivity contribution in [1.29, 1.82) is 0 Å². The minimum atomic E-state index is -3.52. The zero-order chi connectivity index (χ0) is 16.3. The van der Waals surface area contributed by atoms with Gasteiger partial charge in [0.25, 0.3) is 5.91 Å². The van der Waals surface area contributed by atoms with Crippen LogP contribution in [0.4, 0.5) is 0 Å². The third-order valence-electron chi connectivity index (χ3n) is 3.52. The van der Waals surface area contributed by atoms with E-state index >= 15 is 0 Å². The molecule has 1 aromatic rings. The molecule has 1 fully saturated rings. The molecule has 1 aromatic carbocycles. The summed E-state index contributed by atoms with van der Waals surface area (Å²) >= 11 is 6.08. The van der Waals surface area contributed by atoms with Gasteiger partial charge < -0.3 is 9.64 Å². The molecule has 22 heavy (non-hydrogen) atoms. The van der Waals surface area contributed by atoms with E-state index in [0.29, 0.717) is 42.5 Å². The topological polar surface area (TPSA) is 89.7 Å². The molecule has 8 heteroatoms. The summed E-state index contributed by atoms with van der Waals surface area (Å²) in [5.41, 5.74) is 0.463. The number of carbonyl (C=O) groups excluding carboxylic acids is 1. The van der Waals surface area contributed by atoms with E-state index in [1.54, 1.807) is 23.1 Å². The molecule has 2 N–H and O–H groups in total. The largest absolute Gasteiger partial charge is 0.492 e. The second-order valence-corrected chi connectivity index (χ2v) is 7.38. The number of hydrogen-bond acceptors (Lipinski definition) is 4. The lowest BCUT2D eigenvalue weighted by Crippen LogP contribution is -2.30. The van der Waals surface area contributed by atoms with Crippen molar-refractivity contribution in [3.05, 3.63) is 28.8 Å². The molecule has 0 aromatic heterocycles. The van der Waals surface area contributed by atoms with Gasteiger partial charge in [-0.1, -0.05) is 11.6 Å². The van der Waals surface area contributed by atoms with Gasteiger partial charge in [-0.3, -0.25) is 4.79 Å². The van der Waals surface area contributed by atoms with Crippen molar-refractivity contribution in [2.24, 2.45) is 11.1 Å². The first-order valence-corrected chi connectivity index (χ1v) is 9.11. The van der Waals surface area contributed by atoms with Crippen LogP contribution in [0.2, 0.25) is 5.02 Å². The van der Waals surface area contributed by atoms with E-state index in [-0.39, 0.29) is 17.6 Å². The van der Waals surface area contributed by atoms with E-state index < -0.39 is 10.0 Å². The first-order chi connectivity index (χ1) is 10.3. The first kappa shape index (κ1) is 17.1. The zero-order valence-corrected chi connectivity index (χ0v) is 13.9. The van der Waals surface area contributed by atoms with Gasteiger partial charge >= 0.3 is 0 Å². The van der Waals surface area contributed by atoms with Gasteiger partial charge in [-0.15, -0.1) is 0 Å². The third-order valence-corrected chi connectivity index (χ3v) is 4.75. The summed E-state index contributed by atoms with van der Waals surface area (Å²) in [7, 11) is -3.52. The van der Waals surface area contributed by atoms with Gasteiger partial charge in [0.2, 0.25) is 10.0 Å². The van der Waals surface area contributed by atoms with E-state index in [4.69, 9.17) is 21.5 Å². The number of likely N-dealkylation sites (tertiary alicyclic amines) is 1. The van der Waals surface area contributed by atoms with Crippen molar-refractivity contribution in [1.82, 2.24) is 4.90 Å². The third kappa shape index (κ3) is 4.34. The Morgan fingerprint density at radius 2 is 2.23 bits per heavy atom. The normalized spacial score (nSPS) is 18.5. The summed E-state index contributed by atoms with van der Waals surface area (Å²) in [6.45, 7) is 3.25. The van der Waals surface area contributed by atoms with Crippen LogP contribution in [0, 0.1) is 5.92 Å². The number of nitrogens with zero attached hydrogens (tertiary/aromatic N) is 1. The Hall–Kier alpha value is -1.31. The molecular weight excluding hydrogens is 328 g/mol.